The SMILES string of the molecule is CC[C@H](C)NC(=O)CSc1nnc(-c2ccc(C)cc2)n1N. The average Bonchev–Trinajstić information content (AvgIpc) is 2.87. The minimum Gasteiger partial charge on any atom is -0.353 e. The van der Waals surface area contributed by atoms with Crippen molar-refractivity contribution in [2.45, 2.75) is 38.4 Å². The van der Waals surface area contributed by atoms with Gasteiger partial charge in [0.1, 0.15) is 0 Å². The highest BCUT2D eigenvalue weighted by Gasteiger charge is 2.14. The molecule has 2 aromatic rings. The van der Waals surface area contributed by atoms with Gasteiger partial charge in [0.05, 0.1) is 5.75 Å². The Labute approximate surface area is 134 Å². The molecule has 1 aromatic carbocycles. The molecule has 1 atom stereocenters. The Hall–Kier alpha value is -2.02. The van der Waals surface area contributed by atoms with Gasteiger partial charge in [-0.3, -0.25) is 4.79 Å². The minimum absolute atomic E-state index is 0.0285. The van der Waals surface area contributed by atoms with Crippen LogP contribution in [0.15, 0.2) is 29.4 Å². The van der Waals surface area contributed by atoms with Crippen LogP contribution in [-0.2, 0) is 4.79 Å². The molecule has 7 heteroatoms. The van der Waals surface area contributed by atoms with Crippen LogP contribution in [0, 0.1) is 6.92 Å². The van der Waals surface area contributed by atoms with E-state index in [4.69, 9.17) is 5.84 Å². The normalized spacial score (nSPS) is 12.1. The molecule has 0 fully saturated rings. The number of thioether (sulfide) groups is 1. The van der Waals surface area contributed by atoms with Crippen LogP contribution in [0.25, 0.3) is 11.4 Å². The molecule has 0 aliphatic heterocycles. The summed E-state index contributed by atoms with van der Waals surface area (Å²) < 4.78 is 1.42. The van der Waals surface area contributed by atoms with Crippen molar-refractivity contribution in [2.75, 3.05) is 11.6 Å². The molecule has 6 nitrogen and oxygen atoms in total. The molecule has 2 rings (SSSR count). The Morgan fingerprint density at radius 2 is 2.05 bits per heavy atom. The molecule has 0 unspecified atom stereocenters. The number of carbonyl (C=O) groups excluding carboxylic acids is 1. The highest BCUT2D eigenvalue weighted by atomic mass is 32.2. The Morgan fingerprint density at radius 3 is 2.68 bits per heavy atom. The first-order valence-electron chi connectivity index (χ1n) is 7.21. The molecular weight excluding hydrogens is 298 g/mol. The second kappa shape index (κ2) is 7.31. The number of aryl methyl sites for hydroxylation is 1. The zero-order chi connectivity index (χ0) is 16.1. The van der Waals surface area contributed by atoms with Crippen LogP contribution in [0.3, 0.4) is 0 Å². The summed E-state index contributed by atoms with van der Waals surface area (Å²) in [6, 6.07) is 8.07. The van der Waals surface area contributed by atoms with E-state index in [-0.39, 0.29) is 17.7 Å². The van der Waals surface area contributed by atoms with E-state index in [1.165, 1.54) is 22.0 Å². The van der Waals surface area contributed by atoms with Crippen molar-refractivity contribution < 1.29 is 4.79 Å². The van der Waals surface area contributed by atoms with Crippen molar-refractivity contribution in [2.24, 2.45) is 0 Å². The highest BCUT2D eigenvalue weighted by Crippen LogP contribution is 2.21. The van der Waals surface area contributed by atoms with Crippen LogP contribution in [0.5, 0.6) is 0 Å². The van der Waals surface area contributed by atoms with Gasteiger partial charge in [-0.25, -0.2) is 4.68 Å². The second-order valence-corrected chi connectivity index (χ2v) is 6.15. The Bertz CT molecular complexity index is 638. The fourth-order valence-corrected chi connectivity index (χ4v) is 2.49. The fraction of sp³-hybridized carbons (Fsp3) is 0.400. The number of nitrogens with zero attached hydrogens (tertiary/aromatic N) is 3. The van der Waals surface area contributed by atoms with E-state index >= 15 is 0 Å². The van der Waals surface area contributed by atoms with Crippen molar-refractivity contribution in [1.29, 1.82) is 0 Å². The maximum atomic E-state index is 11.8. The van der Waals surface area contributed by atoms with E-state index in [9.17, 15) is 4.79 Å². The molecule has 3 N–H and O–H groups in total. The van der Waals surface area contributed by atoms with E-state index in [0.29, 0.717) is 11.0 Å². The lowest BCUT2D eigenvalue weighted by Gasteiger charge is -2.10. The molecule has 0 aliphatic rings. The van der Waals surface area contributed by atoms with Crippen molar-refractivity contribution in [3.63, 3.8) is 0 Å². The van der Waals surface area contributed by atoms with E-state index in [1.54, 1.807) is 0 Å². The molecule has 0 aliphatic carbocycles. The summed E-state index contributed by atoms with van der Waals surface area (Å²) in [5, 5.41) is 11.6. The molecule has 118 valence electrons. The number of nitrogens with one attached hydrogen (secondary N) is 1. The van der Waals surface area contributed by atoms with Gasteiger partial charge in [0.15, 0.2) is 5.82 Å². The van der Waals surface area contributed by atoms with Gasteiger partial charge in [0.2, 0.25) is 11.1 Å². The smallest absolute Gasteiger partial charge is 0.230 e. The lowest BCUT2D eigenvalue weighted by molar-refractivity contribution is -0.119. The summed E-state index contributed by atoms with van der Waals surface area (Å²) in [6.07, 6.45) is 0.904. The van der Waals surface area contributed by atoms with Gasteiger partial charge in [0, 0.05) is 11.6 Å². The number of benzene rings is 1. The van der Waals surface area contributed by atoms with Gasteiger partial charge in [-0.15, -0.1) is 10.2 Å². The van der Waals surface area contributed by atoms with Gasteiger partial charge in [-0.05, 0) is 20.3 Å². The quantitative estimate of drug-likeness (QED) is 0.628. The van der Waals surface area contributed by atoms with Gasteiger partial charge in [-0.2, -0.15) is 0 Å². The van der Waals surface area contributed by atoms with Crippen molar-refractivity contribution >= 4 is 17.7 Å². The van der Waals surface area contributed by atoms with Gasteiger partial charge in [0.25, 0.3) is 0 Å². The van der Waals surface area contributed by atoms with E-state index in [2.05, 4.69) is 15.5 Å². The highest BCUT2D eigenvalue weighted by molar-refractivity contribution is 7.99. The molecule has 1 aromatic heterocycles. The zero-order valence-electron chi connectivity index (χ0n) is 13.0. The lowest BCUT2D eigenvalue weighted by atomic mass is 10.1. The molecule has 0 saturated heterocycles. The number of hydrogen-bond acceptors (Lipinski definition) is 5. The third kappa shape index (κ3) is 4.00. The van der Waals surface area contributed by atoms with Crippen LogP contribution in [-0.4, -0.2) is 32.6 Å². The summed E-state index contributed by atoms with van der Waals surface area (Å²) in [5.74, 6) is 6.86. The van der Waals surface area contributed by atoms with Crippen molar-refractivity contribution in [3.8, 4) is 11.4 Å². The number of hydrogen-bond donors (Lipinski definition) is 2. The second-order valence-electron chi connectivity index (χ2n) is 5.21. The van der Waals surface area contributed by atoms with Crippen molar-refractivity contribution in [1.82, 2.24) is 20.2 Å². The van der Waals surface area contributed by atoms with Crippen LogP contribution < -0.4 is 11.2 Å². The number of nitrogens with two attached hydrogens (primary N) is 1. The molecule has 0 bridgehead atoms. The summed E-state index contributed by atoms with van der Waals surface area (Å²) >= 11 is 1.28. The van der Waals surface area contributed by atoms with Gasteiger partial charge in [-0.1, -0.05) is 48.5 Å². The minimum atomic E-state index is -0.0285. The van der Waals surface area contributed by atoms with E-state index < -0.39 is 0 Å². The standard InChI is InChI=1S/C15H21N5OS/c1-4-11(3)17-13(21)9-22-15-19-18-14(20(15)16)12-7-5-10(2)6-8-12/h5-8,11H,4,9,16H2,1-3H3,(H,17,21)/t11-/m0/s1. The first kappa shape index (κ1) is 16.4. The summed E-state index contributed by atoms with van der Waals surface area (Å²) in [6.45, 7) is 6.03. The van der Waals surface area contributed by atoms with Crippen molar-refractivity contribution in [3.05, 3.63) is 29.8 Å². The molecule has 1 amide bonds. The molecular formula is C15H21N5OS. The monoisotopic (exact) mass is 319 g/mol. The predicted octanol–water partition coefficient (Wildman–Crippen LogP) is 1.97. The molecule has 22 heavy (non-hydrogen) atoms. The summed E-state index contributed by atoms with van der Waals surface area (Å²) in [5.41, 5.74) is 2.07. The third-order valence-electron chi connectivity index (χ3n) is 3.33. The molecule has 0 radical (unpaired) electrons. The van der Waals surface area contributed by atoms with Crippen LogP contribution in [0.2, 0.25) is 0 Å². The Morgan fingerprint density at radius 1 is 1.36 bits per heavy atom. The molecule has 0 spiro atoms. The number of nitrogen functional groups attached to an aromatic ring is 1. The maximum absolute atomic E-state index is 11.8. The first-order valence-corrected chi connectivity index (χ1v) is 8.19. The third-order valence-corrected chi connectivity index (χ3v) is 4.27. The summed E-state index contributed by atoms with van der Waals surface area (Å²) in [7, 11) is 0. The number of amides is 1. The number of carbonyl (C=O) groups is 1. The zero-order valence-corrected chi connectivity index (χ0v) is 13.9. The topological polar surface area (TPSA) is 85.8 Å². The van der Waals surface area contributed by atoms with E-state index in [0.717, 1.165) is 12.0 Å². The predicted molar refractivity (Wildman–Crippen MR) is 89.0 cm³/mol. The molecule has 0 saturated carbocycles. The number of rotatable bonds is 6. The van der Waals surface area contributed by atoms with Crippen LogP contribution in [0.1, 0.15) is 25.8 Å². The van der Waals surface area contributed by atoms with Crippen LogP contribution >= 0.6 is 11.8 Å². The van der Waals surface area contributed by atoms with Crippen LogP contribution in [0.4, 0.5) is 0 Å². The fourth-order valence-electron chi connectivity index (χ4n) is 1.82. The van der Waals surface area contributed by atoms with E-state index in [1.807, 2.05) is 45.0 Å². The Kier molecular flexibility index (Phi) is 5.43. The Balaban J connectivity index is 2.02. The maximum Gasteiger partial charge on any atom is 0.230 e. The lowest BCUT2D eigenvalue weighted by Crippen LogP contribution is -2.33. The number of aromatic nitrogens is 3. The first-order chi connectivity index (χ1) is 10.5. The molecule has 1 heterocycles. The van der Waals surface area contributed by atoms with Gasteiger partial charge < -0.3 is 11.2 Å². The van der Waals surface area contributed by atoms with Gasteiger partial charge >= 0.3 is 0 Å². The summed E-state index contributed by atoms with van der Waals surface area (Å²) in [4.78, 5) is 11.8. The average molecular weight is 319 g/mol. The largest absolute Gasteiger partial charge is 0.353 e.